The average molecular weight is 386 g/mol. The molecular formula is C15H16FIN2O. The van der Waals surface area contributed by atoms with Crippen LogP contribution in [-0.4, -0.2) is 13.7 Å². The van der Waals surface area contributed by atoms with Crippen molar-refractivity contribution < 1.29 is 9.13 Å². The van der Waals surface area contributed by atoms with E-state index in [4.69, 9.17) is 10.5 Å². The molecule has 2 aromatic rings. The standard InChI is InChI=1S/C15H16FIN2O/c1-20-15-5-3-2-4-10(15)6-7-19-14-8-11(16)12(17)9-13(14)18/h2-5,8-9,19H,6-7,18H2,1H3. The SMILES string of the molecule is COc1ccccc1CCNc1cc(F)c(I)cc1N. The molecule has 0 radical (unpaired) electrons. The van der Waals surface area contributed by atoms with Gasteiger partial charge in [-0.15, -0.1) is 0 Å². The summed E-state index contributed by atoms with van der Waals surface area (Å²) in [5, 5.41) is 3.16. The summed E-state index contributed by atoms with van der Waals surface area (Å²) < 4.78 is 19.3. The van der Waals surface area contributed by atoms with E-state index < -0.39 is 0 Å². The number of hydrogen-bond acceptors (Lipinski definition) is 3. The van der Waals surface area contributed by atoms with Crippen LogP contribution in [0.4, 0.5) is 15.8 Å². The Kier molecular flexibility index (Phi) is 5.05. The predicted octanol–water partition coefficient (Wildman–Crippen LogP) is 3.68. The Labute approximate surface area is 131 Å². The summed E-state index contributed by atoms with van der Waals surface area (Å²) in [7, 11) is 1.65. The molecule has 0 aliphatic carbocycles. The molecule has 20 heavy (non-hydrogen) atoms. The van der Waals surface area contributed by atoms with Gasteiger partial charge in [-0.2, -0.15) is 0 Å². The van der Waals surface area contributed by atoms with Crippen molar-refractivity contribution in [3.05, 3.63) is 51.3 Å². The molecule has 106 valence electrons. The quantitative estimate of drug-likeness (QED) is 0.609. The first-order valence-electron chi connectivity index (χ1n) is 6.22. The molecule has 0 saturated heterocycles. The Morgan fingerprint density at radius 1 is 1.30 bits per heavy atom. The lowest BCUT2D eigenvalue weighted by Crippen LogP contribution is -2.08. The minimum atomic E-state index is -0.264. The number of halogens is 2. The Morgan fingerprint density at radius 2 is 2.05 bits per heavy atom. The predicted molar refractivity (Wildman–Crippen MR) is 88.7 cm³/mol. The second-order valence-electron chi connectivity index (χ2n) is 4.34. The number of ether oxygens (including phenoxy) is 1. The number of methoxy groups -OCH3 is 1. The number of anilines is 2. The molecule has 0 saturated carbocycles. The molecule has 2 rings (SSSR count). The zero-order valence-electron chi connectivity index (χ0n) is 11.1. The lowest BCUT2D eigenvalue weighted by Gasteiger charge is -2.12. The van der Waals surface area contributed by atoms with Gasteiger partial charge in [-0.3, -0.25) is 0 Å². The van der Waals surface area contributed by atoms with Crippen LogP contribution < -0.4 is 15.8 Å². The molecule has 0 fully saturated rings. The highest BCUT2D eigenvalue weighted by atomic mass is 127. The second-order valence-corrected chi connectivity index (χ2v) is 5.50. The molecule has 0 aliphatic rings. The summed E-state index contributed by atoms with van der Waals surface area (Å²) in [6.45, 7) is 0.657. The van der Waals surface area contributed by atoms with Crippen LogP contribution in [0.3, 0.4) is 0 Å². The molecule has 0 heterocycles. The van der Waals surface area contributed by atoms with Crippen LogP contribution in [0.2, 0.25) is 0 Å². The van der Waals surface area contributed by atoms with Crippen LogP contribution in [0, 0.1) is 9.39 Å². The largest absolute Gasteiger partial charge is 0.496 e. The summed E-state index contributed by atoms with van der Waals surface area (Å²) in [5.74, 6) is 0.593. The molecule has 0 bridgehead atoms. The number of nitrogens with one attached hydrogen (secondary N) is 1. The van der Waals surface area contributed by atoms with Crippen LogP contribution >= 0.6 is 22.6 Å². The molecule has 3 N–H and O–H groups in total. The van der Waals surface area contributed by atoms with Gasteiger partial charge in [-0.05, 0) is 46.7 Å². The van der Waals surface area contributed by atoms with E-state index in [1.807, 2.05) is 46.9 Å². The topological polar surface area (TPSA) is 47.3 Å². The number of hydrogen-bond donors (Lipinski definition) is 2. The summed E-state index contributed by atoms with van der Waals surface area (Å²) in [6.07, 6.45) is 0.775. The van der Waals surface area contributed by atoms with E-state index in [1.54, 1.807) is 13.2 Å². The summed E-state index contributed by atoms with van der Waals surface area (Å²) in [5.41, 5.74) is 8.15. The van der Waals surface area contributed by atoms with Crippen LogP contribution in [-0.2, 0) is 6.42 Å². The molecule has 0 atom stereocenters. The Hall–Kier alpha value is -1.50. The first-order chi connectivity index (χ1) is 9.61. The average Bonchev–Trinajstić information content (AvgIpc) is 2.45. The monoisotopic (exact) mass is 386 g/mol. The summed E-state index contributed by atoms with van der Waals surface area (Å²) in [4.78, 5) is 0. The minimum absolute atomic E-state index is 0.264. The van der Waals surface area contributed by atoms with Crippen LogP contribution in [0.5, 0.6) is 5.75 Å². The number of nitrogen functional groups attached to an aromatic ring is 1. The molecule has 0 aliphatic heterocycles. The number of benzene rings is 2. The number of rotatable bonds is 5. The van der Waals surface area contributed by atoms with Gasteiger partial charge in [0.25, 0.3) is 0 Å². The third-order valence-electron chi connectivity index (χ3n) is 2.99. The van der Waals surface area contributed by atoms with Gasteiger partial charge in [0.05, 0.1) is 22.1 Å². The van der Waals surface area contributed by atoms with E-state index in [0.717, 1.165) is 17.7 Å². The number of nitrogens with two attached hydrogens (primary N) is 1. The smallest absolute Gasteiger partial charge is 0.138 e. The third-order valence-corrected chi connectivity index (χ3v) is 3.82. The van der Waals surface area contributed by atoms with Gasteiger partial charge in [-0.1, -0.05) is 18.2 Å². The highest BCUT2D eigenvalue weighted by Gasteiger charge is 2.06. The zero-order chi connectivity index (χ0) is 14.5. The maximum absolute atomic E-state index is 13.5. The molecule has 5 heteroatoms. The molecule has 3 nitrogen and oxygen atoms in total. The van der Waals surface area contributed by atoms with Crippen molar-refractivity contribution in [2.24, 2.45) is 0 Å². The van der Waals surface area contributed by atoms with Gasteiger partial charge < -0.3 is 15.8 Å². The fourth-order valence-corrected chi connectivity index (χ4v) is 2.45. The van der Waals surface area contributed by atoms with Gasteiger partial charge in [0.2, 0.25) is 0 Å². The first kappa shape index (κ1) is 14.9. The highest BCUT2D eigenvalue weighted by molar-refractivity contribution is 14.1. The van der Waals surface area contributed by atoms with Crippen molar-refractivity contribution in [1.82, 2.24) is 0 Å². The second kappa shape index (κ2) is 6.78. The van der Waals surface area contributed by atoms with E-state index in [9.17, 15) is 4.39 Å². The fraction of sp³-hybridized carbons (Fsp3) is 0.200. The van der Waals surface area contributed by atoms with E-state index >= 15 is 0 Å². The highest BCUT2D eigenvalue weighted by Crippen LogP contribution is 2.24. The van der Waals surface area contributed by atoms with Crippen LogP contribution in [0.25, 0.3) is 0 Å². The van der Waals surface area contributed by atoms with E-state index in [0.29, 0.717) is 21.5 Å². The number of para-hydroxylation sites is 1. The molecule has 2 aromatic carbocycles. The summed E-state index contributed by atoms with van der Waals surface area (Å²) >= 11 is 1.92. The van der Waals surface area contributed by atoms with Gasteiger partial charge in [0, 0.05) is 12.6 Å². The van der Waals surface area contributed by atoms with Gasteiger partial charge in [0.1, 0.15) is 11.6 Å². The van der Waals surface area contributed by atoms with Crippen LogP contribution in [0.1, 0.15) is 5.56 Å². The Balaban J connectivity index is 2.01. The van der Waals surface area contributed by atoms with Crippen molar-refractivity contribution in [2.75, 3.05) is 24.7 Å². The van der Waals surface area contributed by atoms with Gasteiger partial charge in [0.15, 0.2) is 0 Å². The molecule has 0 unspecified atom stereocenters. The molecule has 0 aromatic heterocycles. The summed E-state index contributed by atoms with van der Waals surface area (Å²) in [6, 6.07) is 10.9. The zero-order valence-corrected chi connectivity index (χ0v) is 13.3. The fourth-order valence-electron chi connectivity index (χ4n) is 1.96. The maximum atomic E-state index is 13.5. The van der Waals surface area contributed by atoms with Gasteiger partial charge in [-0.25, -0.2) is 4.39 Å². The lowest BCUT2D eigenvalue weighted by molar-refractivity contribution is 0.410. The van der Waals surface area contributed by atoms with Crippen molar-refractivity contribution in [3.8, 4) is 5.75 Å². The Morgan fingerprint density at radius 3 is 2.80 bits per heavy atom. The van der Waals surface area contributed by atoms with Crippen molar-refractivity contribution in [3.63, 3.8) is 0 Å². The van der Waals surface area contributed by atoms with Crippen molar-refractivity contribution in [2.45, 2.75) is 6.42 Å². The third kappa shape index (κ3) is 3.53. The van der Waals surface area contributed by atoms with Crippen LogP contribution in [0.15, 0.2) is 36.4 Å². The first-order valence-corrected chi connectivity index (χ1v) is 7.30. The van der Waals surface area contributed by atoms with E-state index in [2.05, 4.69) is 5.32 Å². The maximum Gasteiger partial charge on any atom is 0.138 e. The lowest BCUT2D eigenvalue weighted by atomic mass is 10.1. The van der Waals surface area contributed by atoms with Gasteiger partial charge >= 0.3 is 0 Å². The molecule has 0 spiro atoms. The van der Waals surface area contributed by atoms with Crippen molar-refractivity contribution >= 4 is 34.0 Å². The van der Waals surface area contributed by atoms with Crippen molar-refractivity contribution in [1.29, 1.82) is 0 Å². The molecule has 0 amide bonds. The Bertz CT molecular complexity index is 604. The van der Waals surface area contributed by atoms with E-state index in [-0.39, 0.29) is 5.82 Å². The normalized spacial score (nSPS) is 10.3. The van der Waals surface area contributed by atoms with E-state index in [1.165, 1.54) is 6.07 Å². The molecular weight excluding hydrogens is 370 g/mol. The minimum Gasteiger partial charge on any atom is -0.496 e.